The zero-order chi connectivity index (χ0) is 17.6. The van der Waals surface area contributed by atoms with Crippen LogP contribution in [0.25, 0.3) is 0 Å². The Morgan fingerprint density at radius 3 is 2.32 bits per heavy atom. The van der Waals surface area contributed by atoms with Gasteiger partial charge in [0.15, 0.2) is 0 Å². The molecule has 7 heteroatoms. The van der Waals surface area contributed by atoms with E-state index in [0.717, 1.165) is 31.2 Å². The zero-order valence-corrected chi connectivity index (χ0v) is 18.5. The summed E-state index contributed by atoms with van der Waals surface area (Å²) in [6, 6.07) is 10.1. The molecule has 0 fully saturated rings. The molecule has 0 aromatic heterocycles. The quantitative estimate of drug-likeness (QED) is 0.413. The van der Waals surface area contributed by atoms with Crippen LogP contribution in [0.1, 0.15) is 38.2 Å². The van der Waals surface area contributed by atoms with Gasteiger partial charge in [-0.1, -0.05) is 38.3 Å². The second kappa shape index (κ2) is 10.7. The van der Waals surface area contributed by atoms with E-state index in [-0.39, 0.29) is 62.0 Å². The van der Waals surface area contributed by atoms with Gasteiger partial charge in [0.1, 0.15) is 11.5 Å². The Hall–Kier alpha value is -0.414. The van der Waals surface area contributed by atoms with Gasteiger partial charge in [0.2, 0.25) is 0 Å². The molecule has 0 aliphatic carbocycles. The topological polar surface area (TPSA) is 86.7 Å². The fraction of sp³-hybridized carbons (Fsp3) is 0.333. The molecule has 1 N–H and O–H groups in total. The van der Waals surface area contributed by atoms with E-state index in [0.29, 0.717) is 11.5 Å². The van der Waals surface area contributed by atoms with E-state index in [2.05, 4.69) is 6.92 Å². The molecule has 130 valence electrons. The first-order valence-corrected chi connectivity index (χ1v) is 9.39. The van der Waals surface area contributed by atoms with Crippen LogP contribution in [0.2, 0.25) is 0 Å². The van der Waals surface area contributed by atoms with Crippen LogP contribution in [0, 0.1) is 0 Å². The Labute approximate surface area is 191 Å². The summed E-state index contributed by atoms with van der Waals surface area (Å²) in [5, 5.41) is 11.6. The van der Waals surface area contributed by atoms with Crippen molar-refractivity contribution in [1.82, 2.24) is 0 Å². The van der Waals surface area contributed by atoms with E-state index in [1.165, 1.54) is 42.8 Å². The van der Waals surface area contributed by atoms with E-state index in [1.54, 1.807) is 6.07 Å². The number of aryl methyl sites for hydroxylation is 1. The predicted molar refractivity (Wildman–Crippen MR) is 90.1 cm³/mol. The van der Waals surface area contributed by atoms with Crippen molar-refractivity contribution in [3.63, 3.8) is 0 Å². The van der Waals surface area contributed by atoms with Gasteiger partial charge in [0.25, 0.3) is 10.1 Å². The van der Waals surface area contributed by atoms with Crippen molar-refractivity contribution >= 4 is 10.1 Å². The number of benzene rings is 2. The smallest absolute Gasteiger partial charge is 0.872 e. The fourth-order valence-electron chi connectivity index (χ4n) is 2.39. The number of unbranched alkanes of at least 4 members (excludes halogenated alkanes) is 3. The van der Waals surface area contributed by atoms with Gasteiger partial charge in [-0.25, -0.2) is 0 Å². The van der Waals surface area contributed by atoms with Crippen molar-refractivity contribution < 1.29 is 74.2 Å². The number of hydrogen-bond donors (Lipinski definition) is 1. The van der Waals surface area contributed by atoms with Gasteiger partial charge in [-0.3, -0.25) is 4.55 Å². The van der Waals surface area contributed by atoms with Crippen molar-refractivity contribution in [3.05, 3.63) is 48.0 Å². The van der Waals surface area contributed by atoms with E-state index in [9.17, 15) is 13.5 Å². The maximum atomic E-state index is 11.6. The standard InChI is InChI=1S/C18H22O5S.K/c1-2-3-4-5-6-14-7-8-15(19)13-18(14)23-16-9-11-17(12-10-16)24(20,21)22;/h7-13,19H,2-6H2,1H3,(H,20,21,22);/q;+1/p-1. The number of ether oxygens (including phenoxy) is 1. The Morgan fingerprint density at radius 2 is 1.72 bits per heavy atom. The number of rotatable bonds is 8. The van der Waals surface area contributed by atoms with E-state index >= 15 is 0 Å². The molecule has 0 amide bonds. The Bertz CT molecular complexity index is 773. The SMILES string of the molecule is CCCCCCc1ccc([O-])cc1Oc1ccc(S(=O)(=O)O)cc1.[K+]. The maximum Gasteiger partial charge on any atom is 1.00 e. The van der Waals surface area contributed by atoms with Crippen LogP contribution in [0.3, 0.4) is 0 Å². The van der Waals surface area contributed by atoms with Crippen molar-refractivity contribution in [3.8, 4) is 17.2 Å². The third kappa shape index (κ3) is 7.38. The van der Waals surface area contributed by atoms with E-state index in [4.69, 9.17) is 9.29 Å². The van der Waals surface area contributed by atoms with Crippen LogP contribution in [0.5, 0.6) is 17.2 Å². The molecular formula is C18H21KO5S. The largest absolute Gasteiger partial charge is 1.00 e. The van der Waals surface area contributed by atoms with Gasteiger partial charge in [-0.15, -0.1) is 5.75 Å². The molecule has 0 aliphatic heterocycles. The van der Waals surface area contributed by atoms with Gasteiger partial charge in [-0.2, -0.15) is 8.42 Å². The second-order valence-electron chi connectivity index (χ2n) is 5.63. The summed E-state index contributed by atoms with van der Waals surface area (Å²) in [4.78, 5) is -0.202. The Kier molecular flexibility index (Phi) is 9.65. The zero-order valence-electron chi connectivity index (χ0n) is 14.6. The summed E-state index contributed by atoms with van der Waals surface area (Å²) in [7, 11) is -4.23. The van der Waals surface area contributed by atoms with Crippen LogP contribution >= 0.6 is 0 Å². The second-order valence-corrected chi connectivity index (χ2v) is 7.05. The summed E-state index contributed by atoms with van der Waals surface area (Å²) in [5.74, 6) is 0.748. The normalized spacial score (nSPS) is 11.0. The van der Waals surface area contributed by atoms with E-state index < -0.39 is 10.1 Å². The van der Waals surface area contributed by atoms with Crippen LogP contribution in [0.15, 0.2) is 47.4 Å². The van der Waals surface area contributed by atoms with Crippen molar-refractivity contribution in [2.45, 2.75) is 43.9 Å². The summed E-state index contributed by atoms with van der Waals surface area (Å²) < 4.78 is 36.8. The molecule has 0 bridgehead atoms. The molecule has 0 spiro atoms. The first-order chi connectivity index (χ1) is 11.4. The van der Waals surface area contributed by atoms with Gasteiger partial charge in [0.05, 0.1) is 4.90 Å². The molecular weight excluding hydrogens is 367 g/mol. The molecule has 25 heavy (non-hydrogen) atoms. The summed E-state index contributed by atoms with van der Waals surface area (Å²) in [6.07, 6.45) is 5.29. The first kappa shape index (κ1) is 22.6. The predicted octanol–water partition coefficient (Wildman–Crippen LogP) is 0.926. The van der Waals surface area contributed by atoms with Gasteiger partial charge in [0, 0.05) is 0 Å². The van der Waals surface area contributed by atoms with E-state index in [1.807, 2.05) is 0 Å². The molecule has 5 nitrogen and oxygen atoms in total. The third-order valence-corrected chi connectivity index (χ3v) is 4.56. The van der Waals surface area contributed by atoms with Crippen LogP contribution in [0.4, 0.5) is 0 Å². The monoisotopic (exact) mass is 388 g/mol. The summed E-state index contributed by atoms with van der Waals surface area (Å²) in [6.45, 7) is 2.15. The minimum atomic E-state index is -4.23. The molecule has 0 saturated carbocycles. The van der Waals surface area contributed by atoms with Gasteiger partial charge < -0.3 is 9.84 Å². The Balaban J connectivity index is 0.00000312. The van der Waals surface area contributed by atoms with Gasteiger partial charge in [-0.05, 0) is 48.7 Å². The Morgan fingerprint density at radius 1 is 1.04 bits per heavy atom. The maximum absolute atomic E-state index is 11.6. The third-order valence-electron chi connectivity index (χ3n) is 3.69. The first-order valence-electron chi connectivity index (χ1n) is 7.95. The molecule has 0 radical (unpaired) electrons. The molecule has 0 saturated heterocycles. The van der Waals surface area contributed by atoms with Crippen LogP contribution in [-0.4, -0.2) is 13.0 Å². The molecule has 2 aromatic carbocycles. The molecule has 0 atom stereocenters. The summed E-state index contributed by atoms with van der Waals surface area (Å²) >= 11 is 0. The summed E-state index contributed by atoms with van der Waals surface area (Å²) in [5.41, 5.74) is 0.949. The molecule has 2 rings (SSSR count). The van der Waals surface area contributed by atoms with Crippen molar-refractivity contribution in [2.24, 2.45) is 0 Å². The minimum Gasteiger partial charge on any atom is -0.872 e. The molecule has 0 unspecified atom stereocenters. The van der Waals surface area contributed by atoms with Crippen LogP contribution < -0.4 is 61.2 Å². The average Bonchev–Trinajstić information content (AvgIpc) is 2.53. The van der Waals surface area contributed by atoms with Crippen molar-refractivity contribution in [1.29, 1.82) is 0 Å². The minimum absolute atomic E-state index is 0. The average molecular weight is 389 g/mol. The van der Waals surface area contributed by atoms with Gasteiger partial charge >= 0.3 is 51.4 Å². The molecule has 0 aliphatic rings. The number of hydrogen-bond acceptors (Lipinski definition) is 4. The van der Waals surface area contributed by atoms with Crippen LogP contribution in [-0.2, 0) is 16.5 Å². The molecule has 2 aromatic rings. The van der Waals surface area contributed by atoms with Crippen molar-refractivity contribution in [2.75, 3.05) is 0 Å². The fourth-order valence-corrected chi connectivity index (χ4v) is 2.87. The molecule has 0 heterocycles.